The number of ether oxygens (including phenoxy) is 2. The predicted molar refractivity (Wildman–Crippen MR) is 121 cm³/mol. The summed E-state index contributed by atoms with van der Waals surface area (Å²) in [5.74, 6) is 0.869. The second kappa shape index (κ2) is 11.0. The first-order chi connectivity index (χ1) is 14.2. The summed E-state index contributed by atoms with van der Waals surface area (Å²) in [6.07, 6.45) is 0. The molecule has 0 unspecified atom stereocenters. The van der Waals surface area contributed by atoms with Gasteiger partial charge in [-0.2, -0.15) is 0 Å². The first kappa shape index (κ1) is 23.7. The number of amides is 2. The Morgan fingerprint density at radius 1 is 1.07 bits per heavy atom. The molecule has 162 valence electrons. The molecule has 0 saturated heterocycles. The summed E-state index contributed by atoms with van der Waals surface area (Å²) in [6, 6.07) is 12.3. The van der Waals surface area contributed by atoms with Crippen LogP contribution in [0.15, 0.2) is 46.9 Å². The van der Waals surface area contributed by atoms with Gasteiger partial charge in [-0.1, -0.05) is 28.1 Å². The standard InChI is InChI=1S/C23H29BrN2O4/c1-15(2)25-23(28)17(4)26(13-18-6-8-19(29-5)9-7-18)22(27)14-30-20-10-11-21(24)16(3)12-20/h6-12,15,17H,13-14H2,1-5H3,(H,25,28)/t17-/m0/s1. The van der Waals surface area contributed by atoms with Crippen molar-refractivity contribution in [3.05, 3.63) is 58.1 Å². The van der Waals surface area contributed by atoms with Gasteiger partial charge >= 0.3 is 0 Å². The van der Waals surface area contributed by atoms with Crippen molar-refractivity contribution < 1.29 is 19.1 Å². The van der Waals surface area contributed by atoms with E-state index in [1.165, 1.54) is 4.90 Å². The third-order valence-electron chi connectivity index (χ3n) is 4.60. The van der Waals surface area contributed by atoms with Crippen LogP contribution < -0.4 is 14.8 Å². The second-order valence-corrected chi connectivity index (χ2v) is 8.26. The molecule has 0 aliphatic carbocycles. The van der Waals surface area contributed by atoms with Gasteiger partial charge in [0.25, 0.3) is 5.91 Å². The first-order valence-corrected chi connectivity index (χ1v) is 10.6. The summed E-state index contributed by atoms with van der Waals surface area (Å²) in [5.41, 5.74) is 1.91. The zero-order valence-electron chi connectivity index (χ0n) is 18.1. The molecule has 1 N–H and O–H groups in total. The largest absolute Gasteiger partial charge is 0.497 e. The fourth-order valence-corrected chi connectivity index (χ4v) is 3.10. The molecule has 0 saturated carbocycles. The molecule has 0 heterocycles. The lowest BCUT2D eigenvalue weighted by molar-refractivity contribution is -0.142. The molecule has 0 aliphatic heterocycles. The highest BCUT2D eigenvalue weighted by atomic mass is 79.9. The Labute approximate surface area is 186 Å². The van der Waals surface area contributed by atoms with Crippen molar-refractivity contribution in [1.82, 2.24) is 10.2 Å². The van der Waals surface area contributed by atoms with E-state index in [-0.39, 0.29) is 31.0 Å². The second-order valence-electron chi connectivity index (χ2n) is 7.41. The number of hydrogen-bond donors (Lipinski definition) is 1. The molecule has 2 aromatic carbocycles. The summed E-state index contributed by atoms with van der Waals surface area (Å²) in [4.78, 5) is 27.1. The summed E-state index contributed by atoms with van der Waals surface area (Å²) in [6.45, 7) is 7.59. The van der Waals surface area contributed by atoms with Gasteiger partial charge in [-0.3, -0.25) is 9.59 Å². The molecule has 0 aromatic heterocycles. The van der Waals surface area contributed by atoms with Gasteiger partial charge in [0.05, 0.1) is 7.11 Å². The van der Waals surface area contributed by atoms with Crippen LogP contribution in [0.1, 0.15) is 31.9 Å². The minimum absolute atomic E-state index is 0.0140. The number of nitrogens with one attached hydrogen (secondary N) is 1. The first-order valence-electron chi connectivity index (χ1n) is 9.83. The third-order valence-corrected chi connectivity index (χ3v) is 5.49. The third kappa shape index (κ3) is 6.76. The quantitative estimate of drug-likeness (QED) is 0.591. The van der Waals surface area contributed by atoms with Crippen LogP contribution in [-0.2, 0) is 16.1 Å². The fraction of sp³-hybridized carbons (Fsp3) is 0.391. The highest BCUT2D eigenvalue weighted by Gasteiger charge is 2.27. The zero-order chi connectivity index (χ0) is 22.3. The molecule has 2 aromatic rings. The van der Waals surface area contributed by atoms with Crippen LogP contribution in [0, 0.1) is 6.92 Å². The van der Waals surface area contributed by atoms with Gasteiger partial charge in [0.1, 0.15) is 17.5 Å². The Hall–Kier alpha value is -2.54. The SMILES string of the molecule is COc1ccc(CN(C(=O)COc2ccc(Br)c(C)c2)[C@@H](C)C(=O)NC(C)C)cc1. The summed E-state index contributed by atoms with van der Waals surface area (Å²) < 4.78 is 11.9. The molecule has 0 aliphatic rings. The summed E-state index contributed by atoms with van der Waals surface area (Å²) in [7, 11) is 1.60. The van der Waals surface area contributed by atoms with Crippen LogP contribution in [0.5, 0.6) is 11.5 Å². The van der Waals surface area contributed by atoms with Crippen LogP contribution in [0.4, 0.5) is 0 Å². The van der Waals surface area contributed by atoms with Gasteiger partial charge in [0.15, 0.2) is 6.61 Å². The van der Waals surface area contributed by atoms with Crippen molar-refractivity contribution in [2.24, 2.45) is 0 Å². The van der Waals surface area contributed by atoms with Crippen molar-refractivity contribution in [1.29, 1.82) is 0 Å². The van der Waals surface area contributed by atoms with Gasteiger partial charge in [0.2, 0.25) is 5.91 Å². The lowest BCUT2D eigenvalue weighted by Gasteiger charge is -2.29. The molecular weight excluding hydrogens is 448 g/mol. The lowest BCUT2D eigenvalue weighted by Crippen LogP contribution is -2.50. The van der Waals surface area contributed by atoms with Crippen molar-refractivity contribution in [2.75, 3.05) is 13.7 Å². The predicted octanol–water partition coefficient (Wildman–Crippen LogP) is 4.09. The highest BCUT2D eigenvalue weighted by molar-refractivity contribution is 9.10. The van der Waals surface area contributed by atoms with Crippen molar-refractivity contribution in [3.63, 3.8) is 0 Å². The average Bonchev–Trinajstić information content (AvgIpc) is 2.72. The van der Waals surface area contributed by atoms with E-state index in [0.29, 0.717) is 5.75 Å². The maximum absolute atomic E-state index is 13.0. The Bertz CT molecular complexity index is 868. The van der Waals surface area contributed by atoms with E-state index in [0.717, 1.165) is 21.3 Å². The van der Waals surface area contributed by atoms with E-state index in [9.17, 15) is 9.59 Å². The topological polar surface area (TPSA) is 67.9 Å². The van der Waals surface area contributed by atoms with E-state index in [2.05, 4.69) is 21.2 Å². The minimum Gasteiger partial charge on any atom is -0.497 e. The Morgan fingerprint density at radius 2 is 1.70 bits per heavy atom. The van der Waals surface area contributed by atoms with Gasteiger partial charge in [-0.25, -0.2) is 0 Å². The fourth-order valence-electron chi connectivity index (χ4n) is 2.85. The Kier molecular flexibility index (Phi) is 8.72. The summed E-state index contributed by atoms with van der Waals surface area (Å²) >= 11 is 3.45. The molecule has 2 rings (SSSR count). The number of carbonyl (C=O) groups excluding carboxylic acids is 2. The van der Waals surface area contributed by atoms with Crippen LogP contribution in [0.3, 0.4) is 0 Å². The van der Waals surface area contributed by atoms with E-state index < -0.39 is 6.04 Å². The van der Waals surface area contributed by atoms with Crippen LogP contribution in [-0.4, -0.2) is 42.5 Å². The highest BCUT2D eigenvalue weighted by Crippen LogP contribution is 2.22. The number of halogens is 1. The number of carbonyl (C=O) groups is 2. The lowest BCUT2D eigenvalue weighted by atomic mass is 10.1. The molecule has 2 amide bonds. The van der Waals surface area contributed by atoms with Crippen LogP contribution in [0.25, 0.3) is 0 Å². The zero-order valence-corrected chi connectivity index (χ0v) is 19.7. The monoisotopic (exact) mass is 476 g/mol. The van der Waals surface area contributed by atoms with Crippen LogP contribution in [0.2, 0.25) is 0 Å². The smallest absolute Gasteiger partial charge is 0.261 e. The number of methoxy groups -OCH3 is 1. The molecule has 0 radical (unpaired) electrons. The van der Waals surface area contributed by atoms with E-state index in [1.807, 2.05) is 57.2 Å². The normalized spacial score (nSPS) is 11.7. The van der Waals surface area contributed by atoms with Crippen molar-refractivity contribution in [2.45, 2.75) is 46.3 Å². The maximum Gasteiger partial charge on any atom is 0.261 e. The molecular formula is C23H29BrN2O4. The molecule has 0 bridgehead atoms. The van der Waals surface area contributed by atoms with Gasteiger partial charge in [-0.05, 0) is 69.2 Å². The molecule has 0 spiro atoms. The average molecular weight is 477 g/mol. The maximum atomic E-state index is 13.0. The van der Waals surface area contributed by atoms with E-state index in [1.54, 1.807) is 20.1 Å². The molecule has 6 nitrogen and oxygen atoms in total. The van der Waals surface area contributed by atoms with E-state index >= 15 is 0 Å². The number of nitrogens with zero attached hydrogens (tertiary/aromatic N) is 1. The summed E-state index contributed by atoms with van der Waals surface area (Å²) in [5, 5.41) is 2.87. The molecule has 7 heteroatoms. The van der Waals surface area contributed by atoms with Crippen LogP contribution >= 0.6 is 15.9 Å². The van der Waals surface area contributed by atoms with Crippen molar-refractivity contribution >= 4 is 27.7 Å². The molecule has 30 heavy (non-hydrogen) atoms. The van der Waals surface area contributed by atoms with E-state index in [4.69, 9.17) is 9.47 Å². The minimum atomic E-state index is -0.641. The Morgan fingerprint density at radius 3 is 2.27 bits per heavy atom. The molecule has 1 atom stereocenters. The number of benzene rings is 2. The number of rotatable bonds is 9. The Balaban J connectivity index is 2.16. The van der Waals surface area contributed by atoms with Crippen molar-refractivity contribution in [3.8, 4) is 11.5 Å². The van der Waals surface area contributed by atoms with Gasteiger partial charge in [-0.15, -0.1) is 0 Å². The number of hydrogen-bond acceptors (Lipinski definition) is 4. The van der Waals surface area contributed by atoms with Gasteiger partial charge in [0, 0.05) is 17.1 Å². The van der Waals surface area contributed by atoms with Gasteiger partial charge < -0.3 is 19.7 Å². The molecule has 0 fully saturated rings. The number of aryl methyl sites for hydroxylation is 1.